The van der Waals surface area contributed by atoms with Gasteiger partial charge in [0.05, 0.1) is 17.9 Å². The van der Waals surface area contributed by atoms with E-state index < -0.39 is 5.97 Å². The third-order valence-corrected chi connectivity index (χ3v) is 3.85. The van der Waals surface area contributed by atoms with Gasteiger partial charge in [0.15, 0.2) is 0 Å². The summed E-state index contributed by atoms with van der Waals surface area (Å²) in [5, 5.41) is 11.7. The number of halogens is 1. The van der Waals surface area contributed by atoms with E-state index in [9.17, 15) is 9.59 Å². The second-order valence-electron chi connectivity index (χ2n) is 3.58. The summed E-state index contributed by atoms with van der Waals surface area (Å²) in [6.07, 6.45) is 0. The number of carbonyl (C=O) groups excluding carboxylic acids is 1. The molecule has 0 fully saturated rings. The van der Waals surface area contributed by atoms with Crippen molar-refractivity contribution in [3.8, 4) is 0 Å². The molecule has 5 nitrogen and oxygen atoms in total. The highest BCUT2D eigenvalue weighted by Gasteiger charge is 2.10. The highest BCUT2D eigenvalue weighted by molar-refractivity contribution is 9.10. The summed E-state index contributed by atoms with van der Waals surface area (Å²) < 4.78 is 5.34. The Bertz CT molecular complexity index is 467. The van der Waals surface area contributed by atoms with Gasteiger partial charge in [-0.1, -0.05) is 0 Å². The van der Waals surface area contributed by atoms with E-state index in [1.165, 1.54) is 11.8 Å². The zero-order chi connectivity index (χ0) is 14.3. The van der Waals surface area contributed by atoms with Crippen LogP contribution in [0.25, 0.3) is 0 Å². The van der Waals surface area contributed by atoms with Gasteiger partial charge in [-0.3, -0.25) is 4.79 Å². The highest BCUT2D eigenvalue weighted by Crippen LogP contribution is 2.24. The Hall–Kier alpha value is -1.05. The van der Waals surface area contributed by atoms with Gasteiger partial charge in [0.2, 0.25) is 5.91 Å². The van der Waals surface area contributed by atoms with Crippen molar-refractivity contribution in [2.75, 3.05) is 26.0 Å². The Kier molecular flexibility index (Phi) is 6.90. The average molecular weight is 348 g/mol. The molecule has 0 bridgehead atoms. The molecule has 7 heteroatoms. The van der Waals surface area contributed by atoms with E-state index in [0.29, 0.717) is 17.6 Å². The van der Waals surface area contributed by atoms with Crippen LogP contribution in [0.4, 0.5) is 0 Å². The maximum Gasteiger partial charge on any atom is 0.336 e. The normalized spacial score (nSPS) is 10.2. The second kappa shape index (κ2) is 8.19. The van der Waals surface area contributed by atoms with Gasteiger partial charge in [0.1, 0.15) is 0 Å². The topological polar surface area (TPSA) is 75.6 Å². The van der Waals surface area contributed by atoms with Gasteiger partial charge >= 0.3 is 5.97 Å². The van der Waals surface area contributed by atoms with Crippen molar-refractivity contribution in [2.45, 2.75) is 4.90 Å². The van der Waals surface area contributed by atoms with Crippen molar-refractivity contribution >= 4 is 39.6 Å². The number of methoxy groups -OCH3 is 1. The molecule has 0 aliphatic heterocycles. The second-order valence-corrected chi connectivity index (χ2v) is 5.48. The fourth-order valence-corrected chi connectivity index (χ4v) is 2.43. The summed E-state index contributed by atoms with van der Waals surface area (Å²) in [6.45, 7) is 0.939. The lowest BCUT2D eigenvalue weighted by atomic mass is 10.2. The van der Waals surface area contributed by atoms with Crippen LogP contribution in [0, 0.1) is 0 Å². The average Bonchev–Trinajstić information content (AvgIpc) is 2.37. The number of ether oxygens (including phenoxy) is 1. The SMILES string of the molecule is COCCNC(=O)CSc1ccc(Br)c(C(=O)O)c1. The molecule has 0 aromatic heterocycles. The van der Waals surface area contributed by atoms with Gasteiger partial charge in [-0.05, 0) is 34.1 Å². The van der Waals surface area contributed by atoms with Crippen LogP contribution in [0.2, 0.25) is 0 Å². The Morgan fingerprint density at radius 1 is 1.47 bits per heavy atom. The first-order chi connectivity index (χ1) is 9.04. The molecule has 1 amide bonds. The van der Waals surface area contributed by atoms with Crippen LogP contribution in [0.15, 0.2) is 27.6 Å². The molecule has 0 aliphatic rings. The standard InChI is InChI=1S/C12H14BrNO4S/c1-18-5-4-14-11(15)7-19-8-2-3-10(13)9(6-8)12(16)17/h2-3,6H,4-5,7H2,1H3,(H,14,15)(H,16,17). The lowest BCUT2D eigenvalue weighted by Gasteiger charge is -2.06. The number of thioether (sulfide) groups is 1. The van der Waals surface area contributed by atoms with Gasteiger partial charge in [-0.15, -0.1) is 11.8 Å². The first kappa shape index (κ1) is 16.0. The van der Waals surface area contributed by atoms with Gasteiger partial charge in [0, 0.05) is 23.0 Å². The number of amides is 1. The molecular formula is C12H14BrNO4S. The minimum Gasteiger partial charge on any atom is -0.478 e. The lowest BCUT2D eigenvalue weighted by Crippen LogP contribution is -2.28. The predicted octanol–water partition coefficient (Wildman–Crippen LogP) is 2.00. The summed E-state index contributed by atoms with van der Waals surface area (Å²) >= 11 is 4.46. The third-order valence-electron chi connectivity index (χ3n) is 2.17. The van der Waals surface area contributed by atoms with Crippen molar-refractivity contribution in [2.24, 2.45) is 0 Å². The van der Waals surface area contributed by atoms with Crippen LogP contribution in [0.1, 0.15) is 10.4 Å². The molecule has 19 heavy (non-hydrogen) atoms. The molecule has 0 atom stereocenters. The van der Waals surface area contributed by atoms with Gasteiger partial charge < -0.3 is 15.2 Å². The number of rotatable bonds is 7. The van der Waals surface area contributed by atoms with Crippen molar-refractivity contribution in [3.05, 3.63) is 28.2 Å². The molecule has 1 aromatic carbocycles. The predicted molar refractivity (Wildman–Crippen MR) is 76.7 cm³/mol. The number of carbonyl (C=O) groups is 2. The van der Waals surface area contributed by atoms with Crippen LogP contribution in [0.3, 0.4) is 0 Å². The Morgan fingerprint density at radius 2 is 2.21 bits per heavy atom. The molecular weight excluding hydrogens is 334 g/mol. The highest BCUT2D eigenvalue weighted by atomic mass is 79.9. The molecule has 0 saturated heterocycles. The first-order valence-corrected chi connectivity index (χ1v) is 7.23. The van der Waals surface area contributed by atoms with Crippen molar-refractivity contribution in [1.29, 1.82) is 0 Å². The monoisotopic (exact) mass is 347 g/mol. The number of hydrogen-bond acceptors (Lipinski definition) is 4. The first-order valence-electron chi connectivity index (χ1n) is 5.46. The third kappa shape index (κ3) is 5.63. The summed E-state index contributed by atoms with van der Waals surface area (Å²) in [4.78, 5) is 23.2. The van der Waals surface area contributed by atoms with E-state index in [2.05, 4.69) is 21.2 Å². The molecule has 1 rings (SSSR count). The minimum absolute atomic E-state index is 0.109. The van der Waals surface area contributed by atoms with Crippen LogP contribution in [-0.2, 0) is 9.53 Å². The molecule has 0 unspecified atom stereocenters. The summed E-state index contributed by atoms with van der Waals surface area (Å²) in [5.74, 6) is -0.870. The maximum atomic E-state index is 11.5. The molecule has 0 heterocycles. The summed E-state index contributed by atoms with van der Waals surface area (Å²) in [7, 11) is 1.57. The van der Waals surface area contributed by atoms with E-state index in [4.69, 9.17) is 9.84 Å². The zero-order valence-corrected chi connectivity index (χ0v) is 12.7. The number of carboxylic acids is 1. The quantitative estimate of drug-likeness (QED) is 0.582. The zero-order valence-electron chi connectivity index (χ0n) is 10.3. The minimum atomic E-state index is -1.00. The van der Waals surface area contributed by atoms with Gasteiger partial charge in [0.25, 0.3) is 0 Å². The summed E-state index contributed by atoms with van der Waals surface area (Å²) in [5.41, 5.74) is 0.185. The largest absolute Gasteiger partial charge is 0.478 e. The molecule has 0 spiro atoms. The smallest absolute Gasteiger partial charge is 0.336 e. The van der Waals surface area contributed by atoms with Crippen molar-refractivity contribution in [3.63, 3.8) is 0 Å². The van der Waals surface area contributed by atoms with Crippen LogP contribution < -0.4 is 5.32 Å². The number of hydrogen-bond donors (Lipinski definition) is 2. The number of benzene rings is 1. The molecule has 2 N–H and O–H groups in total. The van der Waals surface area contributed by atoms with E-state index in [-0.39, 0.29) is 17.2 Å². The number of aromatic carboxylic acids is 1. The Morgan fingerprint density at radius 3 is 2.84 bits per heavy atom. The van der Waals surface area contributed by atoms with E-state index in [0.717, 1.165) is 4.90 Å². The van der Waals surface area contributed by atoms with E-state index >= 15 is 0 Å². The maximum absolute atomic E-state index is 11.5. The van der Waals surface area contributed by atoms with E-state index in [1.54, 1.807) is 25.3 Å². The Balaban J connectivity index is 2.51. The number of nitrogens with one attached hydrogen (secondary N) is 1. The van der Waals surface area contributed by atoms with Crippen molar-refractivity contribution in [1.82, 2.24) is 5.32 Å². The number of carboxylic acid groups (broad SMARTS) is 1. The van der Waals surface area contributed by atoms with Gasteiger partial charge in [-0.25, -0.2) is 4.79 Å². The fourth-order valence-electron chi connectivity index (χ4n) is 1.25. The summed E-state index contributed by atoms with van der Waals surface area (Å²) in [6, 6.07) is 4.97. The molecule has 1 aromatic rings. The van der Waals surface area contributed by atoms with Crippen LogP contribution in [0.5, 0.6) is 0 Å². The molecule has 0 saturated carbocycles. The van der Waals surface area contributed by atoms with E-state index in [1.807, 2.05) is 0 Å². The molecule has 104 valence electrons. The fraction of sp³-hybridized carbons (Fsp3) is 0.333. The van der Waals surface area contributed by atoms with Crippen molar-refractivity contribution < 1.29 is 19.4 Å². The molecule has 0 radical (unpaired) electrons. The van der Waals surface area contributed by atoms with Crippen LogP contribution in [-0.4, -0.2) is 43.0 Å². The lowest BCUT2D eigenvalue weighted by molar-refractivity contribution is -0.118. The molecule has 0 aliphatic carbocycles. The Labute approximate surface area is 123 Å². The van der Waals surface area contributed by atoms with Crippen LogP contribution >= 0.6 is 27.7 Å². The van der Waals surface area contributed by atoms with Gasteiger partial charge in [-0.2, -0.15) is 0 Å².